The Morgan fingerprint density at radius 1 is 1.27 bits per heavy atom. The Morgan fingerprint density at radius 3 is 2.80 bits per heavy atom. The predicted octanol–water partition coefficient (Wildman–Crippen LogP) is 4.57. The van der Waals surface area contributed by atoms with Gasteiger partial charge in [-0.1, -0.05) is 28.1 Å². The van der Waals surface area contributed by atoms with Crippen molar-refractivity contribution in [3.05, 3.63) is 69.8 Å². The molecule has 3 heterocycles. The van der Waals surface area contributed by atoms with Gasteiger partial charge in [-0.2, -0.15) is 5.10 Å². The smallest absolute Gasteiger partial charge is 0.273 e. The molecule has 5 rings (SSSR count). The summed E-state index contributed by atoms with van der Waals surface area (Å²) in [5.41, 5.74) is 4.26. The number of ether oxygens (including phenoxy) is 2. The third kappa shape index (κ3) is 3.32. The molecule has 1 saturated heterocycles. The van der Waals surface area contributed by atoms with E-state index in [4.69, 9.17) is 9.47 Å². The highest BCUT2D eigenvalue weighted by atomic mass is 79.9. The van der Waals surface area contributed by atoms with Crippen LogP contribution in [0.2, 0.25) is 0 Å². The topological polar surface area (TPSA) is 67.4 Å². The Balaban J connectivity index is 1.61. The third-order valence-corrected chi connectivity index (χ3v) is 6.31. The second-order valence-corrected chi connectivity index (χ2v) is 8.56. The normalized spacial score (nSPS) is 20.6. The summed E-state index contributed by atoms with van der Waals surface area (Å²) >= 11 is 3.58. The number of carbonyl (C=O) groups is 1. The molecule has 2 atom stereocenters. The quantitative estimate of drug-likeness (QED) is 0.596. The second kappa shape index (κ2) is 7.89. The van der Waals surface area contributed by atoms with E-state index in [9.17, 15) is 4.79 Å². The second-order valence-electron chi connectivity index (χ2n) is 7.64. The number of aromatic nitrogens is 2. The number of H-pyrrole nitrogens is 1. The third-order valence-electron chi connectivity index (χ3n) is 5.82. The first-order chi connectivity index (χ1) is 14.7. The number of rotatable bonds is 5. The molecule has 0 radical (unpaired) electrons. The van der Waals surface area contributed by atoms with Crippen molar-refractivity contribution >= 4 is 21.8 Å². The number of halogens is 1. The summed E-state index contributed by atoms with van der Waals surface area (Å²) in [5, 5.41) is 7.53. The van der Waals surface area contributed by atoms with Crippen LogP contribution in [-0.4, -0.2) is 47.4 Å². The molecule has 0 spiro atoms. The van der Waals surface area contributed by atoms with Gasteiger partial charge in [-0.3, -0.25) is 9.89 Å². The number of aromatic amines is 1. The van der Waals surface area contributed by atoms with E-state index in [-0.39, 0.29) is 18.1 Å². The molecule has 2 aromatic carbocycles. The minimum atomic E-state index is -0.218. The Labute approximate surface area is 183 Å². The fourth-order valence-corrected chi connectivity index (χ4v) is 4.80. The summed E-state index contributed by atoms with van der Waals surface area (Å²) in [7, 11) is 1.65. The molecule has 7 heteroatoms. The summed E-state index contributed by atoms with van der Waals surface area (Å²) < 4.78 is 12.1. The number of hydrogen-bond acceptors (Lipinski definition) is 4. The van der Waals surface area contributed by atoms with Crippen molar-refractivity contribution in [3.8, 4) is 17.0 Å². The van der Waals surface area contributed by atoms with Gasteiger partial charge in [0.2, 0.25) is 0 Å². The summed E-state index contributed by atoms with van der Waals surface area (Å²) in [6.07, 6.45) is 2.09. The van der Waals surface area contributed by atoms with Crippen LogP contribution in [0.25, 0.3) is 11.3 Å². The van der Waals surface area contributed by atoms with Gasteiger partial charge in [-0.15, -0.1) is 0 Å². The molecule has 1 N–H and O–H groups in total. The molecule has 6 nitrogen and oxygen atoms in total. The zero-order valence-corrected chi connectivity index (χ0v) is 18.2. The first-order valence-corrected chi connectivity index (χ1v) is 10.9. The van der Waals surface area contributed by atoms with Crippen molar-refractivity contribution in [2.24, 2.45) is 0 Å². The zero-order chi connectivity index (χ0) is 20.7. The fraction of sp³-hybridized carbons (Fsp3) is 0.304. The lowest BCUT2D eigenvalue weighted by atomic mass is 9.96. The van der Waals surface area contributed by atoms with Gasteiger partial charge in [-0.05, 0) is 54.8 Å². The number of hydrogen-bond donors (Lipinski definition) is 1. The summed E-state index contributed by atoms with van der Waals surface area (Å²) in [6, 6.07) is 15.7. The number of nitrogens with zero attached hydrogens (tertiary/aromatic N) is 2. The highest BCUT2D eigenvalue weighted by Crippen LogP contribution is 2.43. The average Bonchev–Trinajstić information content (AvgIpc) is 3.48. The van der Waals surface area contributed by atoms with Crippen LogP contribution in [0.3, 0.4) is 0 Å². The van der Waals surface area contributed by atoms with Crippen molar-refractivity contribution in [2.45, 2.75) is 25.0 Å². The van der Waals surface area contributed by atoms with E-state index in [2.05, 4.69) is 38.3 Å². The van der Waals surface area contributed by atoms with E-state index in [0.717, 1.165) is 52.1 Å². The van der Waals surface area contributed by atoms with Crippen molar-refractivity contribution < 1.29 is 14.3 Å². The maximum atomic E-state index is 13.4. The molecule has 1 fully saturated rings. The zero-order valence-electron chi connectivity index (χ0n) is 16.6. The van der Waals surface area contributed by atoms with Crippen molar-refractivity contribution in [1.29, 1.82) is 0 Å². The van der Waals surface area contributed by atoms with Gasteiger partial charge in [-0.25, -0.2) is 0 Å². The molecule has 0 saturated carbocycles. The lowest BCUT2D eigenvalue weighted by molar-refractivity contribution is 0.0495. The van der Waals surface area contributed by atoms with Crippen molar-refractivity contribution in [2.75, 3.05) is 20.3 Å². The number of amides is 1. The molecule has 154 valence electrons. The maximum absolute atomic E-state index is 13.4. The van der Waals surface area contributed by atoms with Crippen LogP contribution in [0.1, 0.15) is 40.5 Å². The molecular formula is C23H22BrN3O3. The largest absolute Gasteiger partial charge is 0.497 e. The van der Waals surface area contributed by atoms with Gasteiger partial charge in [0.05, 0.1) is 24.9 Å². The van der Waals surface area contributed by atoms with Gasteiger partial charge in [0.1, 0.15) is 11.4 Å². The summed E-state index contributed by atoms with van der Waals surface area (Å²) in [5.74, 6) is 0.753. The SMILES string of the molecule is COc1ccc(-c2n[nH]c3c2C(c2cccc(Br)c2)N(CC2CCCO2)C3=O)cc1. The maximum Gasteiger partial charge on any atom is 0.273 e. The van der Waals surface area contributed by atoms with E-state index >= 15 is 0 Å². The van der Waals surface area contributed by atoms with Gasteiger partial charge in [0.25, 0.3) is 5.91 Å². The molecule has 2 aliphatic heterocycles. The Bertz CT molecular complexity index is 1070. The van der Waals surface area contributed by atoms with Crippen LogP contribution in [-0.2, 0) is 4.74 Å². The van der Waals surface area contributed by atoms with Crippen molar-refractivity contribution in [1.82, 2.24) is 15.1 Å². The van der Waals surface area contributed by atoms with Crippen molar-refractivity contribution in [3.63, 3.8) is 0 Å². The summed E-state index contributed by atoms with van der Waals surface area (Å²) in [6.45, 7) is 1.33. The lowest BCUT2D eigenvalue weighted by Gasteiger charge is -2.28. The first-order valence-electron chi connectivity index (χ1n) is 10.1. The monoisotopic (exact) mass is 467 g/mol. The number of fused-ring (bicyclic) bond motifs is 1. The lowest BCUT2D eigenvalue weighted by Crippen LogP contribution is -2.36. The van der Waals surface area contributed by atoms with Gasteiger partial charge in [0.15, 0.2) is 0 Å². The fourth-order valence-electron chi connectivity index (χ4n) is 4.38. The van der Waals surface area contributed by atoms with Crippen LogP contribution < -0.4 is 4.74 Å². The van der Waals surface area contributed by atoms with E-state index in [1.54, 1.807) is 7.11 Å². The highest BCUT2D eigenvalue weighted by molar-refractivity contribution is 9.10. The number of benzene rings is 2. The predicted molar refractivity (Wildman–Crippen MR) is 117 cm³/mol. The van der Waals surface area contributed by atoms with Crippen LogP contribution in [0, 0.1) is 0 Å². The van der Waals surface area contributed by atoms with Gasteiger partial charge < -0.3 is 14.4 Å². The number of carbonyl (C=O) groups excluding carboxylic acids is 1. The van der Waals surface area contributed by atoms with Crippen LogP contribution in [0.4, 0.5) is 0 Å². The molecule has 0 aliphatic carbocycles. The molecule has 1 aromatic heterocycles. The first kappa shape index (κ1) is 19.3. The van der Waals surface area contributed by atoms with E-state index < -0.39 is 0 Å². The van der Waals surface area contributed by atoms with Crippen LogP contribution in [0.15, 0.2) is 53.0 Å². The van der Waals surface area contributed by atoms with E-state index in [1.165, 1.54) is 0 Å². The van der Waals surface area contributed by atoms with Gasteiger partial charge in [0, 0.05) is 28.8 Å². The Hall–Kier alpha value is -2.64. The molecular weight excluding hydrogens is 446 g/mol. The minimum Gasteiger partial charge on any atom is -0.497 e. The average molecular weight is 468 g/mol. The van der Waals surface area contributed by atoms with E-state index in [0.29, 0.717) is 12.2 Å². The van der Waals surface area contributed by atoms with Crippen LogP contribution in [0.5, 0.6) is 5.75 Å². The standard InChI is InChI=1S/C23H22BrN3O3/c1-29-17-9-7-14(8-10-17)20-19-21(26-25-20)23(28)27(13-18-6-3-11-30-18)22(19)15-4-2-5-16(24)12-15/h2,4-5,7-10,12,18,22H,3,6,11,13H2,1H3,(H,25,26). The molecule has 3 aromatic rings. The highest BCUT2D eigenvalue weighted by Gasteiger charge is 2.43. The molecule has 30 heavy (non-hydrogen) atoms. The van der Waals surface area contributed by atoms with E-state index in [1.807, 2.05) is 41.3 Å². The summed E-state index contributed by atoms with van der Waals surface area (Å²) in [4.78, 5) is 15.3. The molecule has 2 unspecified atom stereocenters. The van der Waals surface area contributed by atoms with Gasteiger partial charge >= 0.3 is 0 Å². The van der Waals surface area contributed by atoms with Crippen LogP contribution >= 0.6 is 15.9 Å². The minimum absolute atomic E-state index is 0.0299. The number of methoxy groups -OCH3 is 1. The number of nitrogens with one attached hydrogen (secondary N) is 1. The molecule has 2 aliphatic rings. The Morgan fingerprint density at radius 2 is 2.10 bits per heavy atom. The molecule has 1 amide bonds. The Kier molecular flexibility index (Phi) is 5.08. The molecule has 0 bridgehead atoms.